The van der Waals surface area contributed by atoms with Gasteiger partial charge in [0.15, 0.2) is 16.8 Å². The fourth-order valence-electron chi connectivity index (χ4n) is 2.59. The van der Waals surface area contributed by atoms with Crippen molar-refractivity contribution in [3.63, 3.8) is 0 Å². The van der Waals surface area contributed by atoms with E-state index in [2.05, 4.69) is 15.2 Å². The van der Waals surface area contributed by atoms with E-state index in [1.807, 2.05) is 0 Å². The first-order valence-corrected chi connectivity index (χ1v) is 8.45. The van der Waals surface area contributed by atoms with Gasteiger partial charge in [-0.05, 0) is 24.6 Å². The average Bonchev–Trinajstić information content (AvgIpc) is 2.92. The van der Waals surface area contributed by atoms with Crippen LogP contribution in [0.4, 0.5) is 18.7 Å². The summed E-state index contributed by atoms with van der Waals surface area (Å²) in [6.07, 6.45) is 0.238. The van der Waals surface area contributed by atoms with E-state index in [4.69, 9.17) is 4.74 Å². The first-order valence-electron chi connectivity index (χ1n) is 7.63. The molecule has 128 valence electrons. The number of nitrogens with one attached hydrogen (secondary N) is 1. The lowest BCUT2D eigenvalue weighted by Gasteiger charge is -2.25. The van der Waals surface area contributed by atoms with Crippen LogP contribution >= 0.6 is 11.3 Å². The third-order valence-corrected chi connectivity index (χ3v) is 4.68. The highest BCUT2D eigenvalue weighted by Crippen LogP contribution is 2.29. The number of fused-ring (bicyclic) bond motifs is 1. The summed E-state index contributed by atoms with van der Waals surface area (Å²) in [6.45, 7) is 4.02. The van der Waals surface area contributed by atoms with Gasteiger partial charge < -0.3 is 4.74 Å². The number of hydrogen-bond donors (Lipinski definition) is 1. The molecule has 0 bridgehead atoms. The van der Waals surface area contributed by atoms with Crippen LogP contribution in [0, 0.1) is 11.6 Å². The van der Waals surface area contributed by atoms with E-state index in [-0.39, 0.29) is 0 Å². The van der Waals surface area contributed by atoms with Gasteiger partial charge >= 0.3 is 6.09 Å². The zero-order chi connectivity index (χ0) is 17.1. The minimum atomic E-state index is -0.836. The second-order valence-electron chi connectivity index (χ2n) is 5.44. The fourth-order valence-corrected chi connectivity index (χ4v) is 3.62. The lowest BCUT2D eigenvalue weighted by Crippen LogP contribution is -2.29. The molecule has 1 aromatic heterocycles. The van der Waals surface area contributed by atoms with Gasteiger partial charge in [-0.1, -0.05) is 17.4 Å². The van der Waals surface area contributed by atoms with Crippen molar-refractivity contribution in [2.75, 3.05) is 18.5 Å². The third-order valence-electron chi connectivity index (χ3n) is 3.68. The number of rotatable bonds is 4. The summed E-state index contributed by atoms with van der Waals surface area (Å²) in [4.78, 5) is 19.1. The van der Waals surface area contributed by atoms with Crippen LogP contribution in [0.3, 0.4) is 0 Å². The van der Waals surface area contributed by atoms with Crippen molar-refractivity contribution >= 4 is 22.6 Å². The molecule has 24 heavy (non-hydrogen) atoms. The first-order chi connectivity index (χ1) is 11.5. The number of ether oxygens (including phenoxy) is 1. The Morgan fingerprint density at radius 1 is 1.42 bits per heavy atom. The number of aromatic nitrogens is 1. The molecule has 2 heterocycles. The van der Waals surface area contributed by atoms with E-state index in [9.17, 15) is 13.6 Å². The summed E-state index contributed by atoms with van der Waals surface area (Å²) in [5.74, 6) is -1.67. The van der Waals surface area contributed by atoms with Gasteiger partial charge in [0.2, 0.25) is 0 Å². The number of hydrogen-bond acceptors (Lipinski definition) is 5. The summed E-state index contributed by atoms with van der Waals surface area (Å²) in [6, 6.07) is 3.97. The van der Waals surface area contributed by atoms with Crippen molar-refractivity contribution in [3.05, 3.63) is 46.0 Å². The van der Waals surface area contributed by atoms with Crippen molar-refractivity contribution in [3.8, 4) is 0 Å². The molecule has 1 amide bonds. The van der Waals surface area contributed by atoms with Gasteiger partial charge in [-0.2, -0.15) is 0 Å². The zero-order valence-corrected chi connectivity index (χ0v) is 14.0. The van der Waals surface area contributed by atoms with Crippen molar-refractivity contribution in [1.82, 2.24) is 9.88 Å². The predicted molar refractivity (Wildman–Crippen MR) is 86.9 cm³/mol. The van der Waals surface area contributed by atoms with Crippen molar-refractivity contribution in [2.24, 2.45) is 0 Å². The summed E-state index contributed by atoms with van der Waals surface area (Å²) in [5, 5.41) is 3.14. The molecule has 1 aliphatic heterocycles. The SMILES string of the molecule is CCOC(=O)Nc1nc2c(s1)CN(Cc1ccc(F)c(F)c1)CC2. The van der Waals surface area contributed by atoms with Crippen LogP contribution in [-0.2, 0) is 24.2 Å². The number of thiazole rings is 1. The minimum absolute atomic E-state index is 0.304. The Kier molecular flexibility index (Phi) is 5.06. The maximum absolute atomic E-state index is 13.3. The van der Waals surface area contributed by atoms with E-state index in [0.29, 0.717) is 24.8 Å². The standard InChI is InChI=1S/C16H17F2N3O2S/c1-2-23-16(22)20-15-19-13-5-6-21(9-14(13)24-15)8-10-3-4-11(17)12(18)7-10/h3-4,7H,2,5-6,8-9H2,1H3,(H,19,20,22). The highest BCUT2D eigenvalue weighted by molar-refractivity contribution is 7.15. The second-order valence-corrected chi connectivity index (χ2v) is 6.53. The number of carbonyl (C=O) groups is 1. The molecule has 3 rings (SSSR count). The molecule has 0 radical (unpaired) electrons. The van der Waals surface area contributed by atoms with E-state index in [1.165, 1.54) is 17.4 Å². The molecule has 0 fully saturated rings. The molecule has 2 aromatic rings. The normalized spacial score (nSPS) is 14.3. The van der Waals surface area contributed by atoms with Gasteiger partial charge in [-0.3, -0.25) is 10.2 Å². The molecule has 1 N–H and O–H groups in total. The van der Waals surface area contributed by atoms with Crippen LogP contribution < -0.4 is 5.32 Å². The van der Waals surface area contributed by atoms with Gasteiger partial charge in [-0.25, -0.2) is 18.6 Å². The Morgan fingerprint density at radius 2 is 2.25 bits per heavy atom. The Bertz CT molecular complexity index is 751. The van der Waals surface area contributed by atoms with Crippen molar-refractivity contribution in [2.45, 2.75) is 26.4 Å². The largest absolute Gasteiger partial charge is 0.450 e. The molecule has 0 spiro atoms. The zero-order valence-electron chi connectivity index (χ0n) is 13.1. The molecule has 0 aliphatic carbocycles. The van der Waals surface area contributed by atoms with E-state index >= 15 is 0 Å². The number of carbonyl (C=O) groups excluding carboxylic acids is 1. The monoisotopic (exact) mass is 353 g/mol. The van der Waals surface area contributed by atoms with Gasteiger partial charge in [0, 0.05) is 30.9 Å². The predicted octanol–water partition coefficient (Wildman–Crippen LogP) is 3.55. The minimum Gasteiger partial charge on any atom is -0.450 e. The van der Waals surface area contributed by atoms with Gasteiger partial charge in [0.25, 0.3) is 0 Å². The smallest absolute Gasteiger partial charge is 0.413 e. The second kappa shape index (κ2) is 7.23. The lowest BCUT2D eigenvalue weighted by atomic mass is 10.1. The Balaban J connectivity index is 1.64. The van der Waals surface area contributed by atoms with Crippen molar-refractivity contribution < 1.29 is 18.3 Å². The Morgan fingerprint density at radius 3 is 3.00 bits per heavy atom. The fraction of sp³-hybridized carbons (Fsp3) is 0.375. The van der Waals surface area contributed by atoms with Gasteiger partial charge in [0.1, 0.15) is 0 Å². The molecule has 0 atom stereocenters. The van der Waals surface area contributed by atoms with Crippen LogP contribution in [0.2, 0.25) is 0 Å². The summed E-state index contributed by atoms with van der Waals surface area (Å²) in [5.41, 5.74) is 1.69. The van der Waals surface area contributed by atoms with Crippen LogP contribution in [-0.4, -0.2) is 29.1 Å². The Hall–Kier alpha value is -2.06. The topological polar surface area (TPSA) is 54.5 Å². The van der Waals surface area contributed by atoms with Crippen molar-refractivity contribution in [1.29, 1.82) is 0 Å². The third kappa shape index (κ3) is 3.88. The highest BCUT2D eigenvalue weighted by Gasteiger charge is 2.22. The number of benzene rings is 1. The molecular formula is C16H17F2N3O2S. The summed E-state index contributed by atoms with van der Waals surface area (Å²) >= 11 is 1.41. The molecule has 0 saturated heterocycles. The lowest BCUT2D eigenvalue weighted by molar-refractivity contribution is 0.168. The maximum Gasteiger partial charge on any atom is 0.413 e. The molecule has 8 heteroatoms. The van der Waals surface area contributed by atoms with Crippen LogP contribution in [0.1, 0.15) is 23.1 Å². The molecular weight excluding hydrogens is 336 g/mol. The summed E-state index contributed by atoms with van der Waals surface area (Å²) < 4.78 is 31.1. The number of anilines is 1. The van der Waals surface area contributed by atoms with E-state index in [1.54, 1.807) is 13.0 Å². The quantitative estimate of drug-likeness (QED) is 0.913. The van der Waals surface area contributed by atoms with Crippen LogP contribution in [0.25, 0.3) is 0 Å². The number of halogens is 2. The van der Waals surface area contributed by atoms with Crippen LogP contribution in [0.15, 0.2) is 18.2 Å². The van der Waals surface area contributed by atoms with E-state index in [0.717, 1.165) is 35.2 Å². The molecule has 1 aromatic carbocycles. The number of amides is 1. The van der Waals surface area contributed by atoms with Gasteiger partial charge in [0.05, 0.1) is 12.3 Å². The molecule has 5 nitrogen and oxygen atoms in total. The van der Waals surface area contributed by atoms with Gasteiger partial charge in [-0.15, -0.1) is 0 Å². The molecule has 0 saturated carbocycles. The molecule has 0 unspecified atom stereocenters. The van der Waals surface area contributed by atoms with E-state index < -0.39 is 17.7 Å². The van der Waals surface area contributed by atoms with Crippen LogP contribution in [0.5, 0.6) is 0 Å². The highest BCUT2D eigenvalue weighted by atomic mass is 32.1. The first kappa shape index (κ1) is 16.8. The molecule has 1 aliphatic rings. The average molecular weight is 353 g/mol. The Labute approximate surface area is 142 Å². The summed E-state index contributed by atoms with van der Waals surface area (Å²) in [7, 11) is 0. The number of nitrogens with zero attached hydrogens (tertiary/aromatic N) is 2. The maximum atomic E-state index is 13.3.